The average molecular weight is 431 g/mol. The van der Waals surface area contributed by atoms with Crippen LogP contribution in [-0.2, 0) is 0 Å². The Hall–Kier alpha value is -0.340. The molecule has 0 aromatic heterocycles. The zero-order chi connectivity index (χ0) is 22.7. The molecule has 2 heteroatoms. The fourth-order valence-electron chi connectivity index (χ4n) is 8.95. The molecule has 31 heavy (non-hydrogen) atoms. The van der Waals surface area contributed by atoms with Crippen molar-refractivity contribution < 1.29 is 10.2 Å². The third-order valence-electron chi connectivity index (χ3n) is 11.4. The van der Waals surface area contributed by atoms with E-state index >= 15 is 0 Å². The van der Waals surface area contributed by atoms with Crippen molar-refractivity contribution in [2.45, 2.75) is 130 Å². The van der Waals surface area contributed by atoms with Crippen molar-refractivity contribution in [3.8, 4) is 0 Å². The summed E-state index contributed by atoms with van der Waals surface area (Å²) in [4.78, 5) is 0. The van der Waals surface area contributed by atoms with E-state index in [1.54, 1.807) is 5.57 Å². The highest BCUT2D eigenvalue weighted by atomic mass is 16.3. The van der Waals surface area contributed by atoms with Gasteiger partial charge >= 0.3 is 0 Å². The van der Waals surface area contributed by atoms with E-state index in [2.05, 4.69) is 47.6 Å². The summed E-state index contributed by atoms with van der Waals surface area (Å²) in [6.45, 7) is 13.9. The monoisotopic (exact) mass is 430 g/mol. The van der Waals surface area contributed by atoms with E-state index in [4.69, 9.17) is 0 Å². The van der Waals surface area contributed by atoms with Crippen LogP contribution >= 0.6 is 0 Å². The number of fused-ring (bicyclic) bond motifs is 5. The summed E-state index contributed by atoms with van der Waals surface area (Å²) in [6.07, 6.45) is 16.7. The predicted molar refractivity (Wildman–Crippen MR) is 130 cm³/mol. The van der Waals surface area contributed by atoms with Crippen LogP contribution in [0.15, 0.2) is 11.6 Å². The topological polar surface area (TPSA) is 40.5 Å². The lowest BCUT2D eigenvalue weighted by Crippen LogP contribution is -2.50. The van der Waals surface area contributed by atoms with E-state index in [0.717, 1.165) is 49.4 Å². The molecule has 0 heterocycles. The summed E-state index contributed by atoms with van der Waals surface area (Å²) >= 11 is 0. The minimum absolute atomic E-state index is 0.0446. The summed E-state index contributed by atoms with van der Waals surface area (Å²) in [6, 6.07) is 0. The molecule has 4 aliphatic carbocycles. The summed E-state index contributed by atoms with van der Waals surface area (Å²) in [5, 5.41) is 21.4. The second-order valence-corrected chi connectivity index (χ2v) is 13.5. The number of rotatable bonds is 5. The van der Waals surface area contributed by atoms with Crippen molar-refractivity contribution in [1.82, 2.24) is 0 Å². The highest BCUT2D eigenvalue weighted by Crippen LogP contribution is 2.66. The first-order valence-corrected chi connectivity index (χ1v) is 13.5. The molecule has 1 unspecified atom stereocenters. The van der Waals surface area contributed by atoms with Gasteiger partial charge in [0.25, 0.3) is 0 Å². The first-order valence-electron chi connectivity index (χ1n) is 13.5. The van der Waals surface area contributed by atoms with Gasteiger partial charge in [-0.1, -0.05) is 59.6 Å². The van der Waals surface area contributed by atoms with Crippen LogP contribution in [0.1, 0.15) is 119 Å². The Bertz CT molecular complexity index is 689. The molecular formula is C29H50O2. The number of hydrogen-bond donors (Lipinski definition) is 2. The standard InChI is InChI=1S/C29H50O2/c1-7-29(31,26(2,3)4)16-8-9-20-11-13-24-23-12-10-21-19-22(30)14-17-28(21,6)25(23)15-18-27(20,24)5/h10,20,22-25,30-31H,7-9,11-19H2,1-6H3/t20-,22-,23-,24-,25-,27+,28-,29?/m0/s1. The normalized spacial score (nSPS) is 44.6. The Labute approximate surface area is 192 Å². The molecule has 0 spiro atoms. The van der Waals surface area contributed by atoms with Gasteiger partial charge in [-0.25, -0.2) is 0 Å². The van der Waals surface area contributed by atoms with Gasteiger partial charge in [0.15, 0.2) is 0 Å². The summed E-state index contributed by atoms with van der Waals surface area (Å²) in [5.74, 6) is 3.41. The Kier molecular flexibility index (Phi) is 6.26. The highest BCUT2D eigenvalue weighted by molar-refractivity contribution is 5.25. The Morgan fingerprint density at radius 1 is 1.03 bits per heavy atom. The third kappa shape index (κ3) is 3.86. The largest absolute Gasteiger partial charge is 0.393 e. The molecule has 3 saturated carbocycles. The molecule has 2 N–H and O–H groups in total. The van der Waals surface area contributed by atoms with E-state index < -0.39 is 5.60 Å². The van der Waals surface area contributed by atoms with Gasteiger partial charge in [0.1, 0.15) is 0 Å². The third-order valence-corrected chi connectivity index (χ3v) is 11.4. The van der Waals surface area contributed by atoms with Crippen molar-refractivity contribution in [1.29, 1.82) is 0 Å². The molecule has 0 saturated heterocycles. The molecule has 0 radical (unpaired) electrons. The van der Waals surface area contributed by atoms with Gasteiger partial charge in [-0.3, -0.25) is 0 Å². The Balaban J connectivity index is 1.44. The summed E-state index contributed by atoms with van der Waals surface area (Å²) in [7, 11) is 0. The zero-order valence-corrected chi connectivity index (χ0v) is 21.3. The van der Waals surface area contributed by atoms with Gasteiger partial charge in [0.2, 0.25) is 0 Å². The molecule has 0 aromatic carbocycles. The van der Waals surface area contributed by atoms with E-state index in [1.165, 1.54) is 51.4 Å². The maximum atomic E-state index is 11.2. The molecule has 0 aliphatic heterocycles. The number of aliphatic hydroxyl groups excluding tert-OH is 1. The van der Waals surface area contributed by atoms with E-state index in [1.807, 2.05) is 0 Å². The van der Waals surface area contributed by atoms with Gasteiger partial charge in [0, 0.05) is 0 Å². The lowest BCUT2D eigenvalue weighted by atomic mass is 9.47. The molecule has 4 rings (SSSR count). The molecule has 0 amide bonds. The molecule has 0 bridgehead atoms. The van der Waals surface area contributed by atoms with Gasteiger partial charge in [-0.2, -0.15) is 0 Å². The lowest BCUT2D eigenvalue weighted by molar-refractivity contribution is -0.0731. The van der Waals surface area contributed by atoms with Crippen molar-refractivity contribution >= 4 is 0 Å². The Morgan fingerprint density at radius 3 is 2.45 bits per heavy atom. The summed E-state index contributed by atoms with van der Waals surface area (Å²) < 4.78 is 0. The molecule has 8 atom stereocenters. The van der Waals surface area contributed by atoms with Crippen LogP contribution in [-0.4, -0.2) is 21.9 Å². The maximum absolute atomic E-state index is 11.2. The summed E-state index contributed by atoms with van der Waals surface area (Å²) in [5.41, 5.74) is 1.87. The number of hydrogen-bond acceptors (Lipinski definition) is 2. The smallest absolute Gasteiger partial charge is 0.0693 e. The predicted octanol–water partition coefficient (Wildman–Crippen LogP) is 7.28. The first kappa shape index (κ1) is 23.8. The lowest BCUT2D eigenvalue weighted by Gasteiger charge is -2.58. The van der Waals surface area contributed by atoms with Crippen LogP contribution < -0.4 is 0 Å². The van der Waals surface area contributed by atoms with E-state index in [-0.39, 0.29) is 11.5 Å². The SMILES string of the molecule is CCC(O)(CCC[C@H]1CC[C@H]2[C@@H]3CC=C4C[C@@H](O)CC[C@]4(C)[C@H]3CC[C@]12C)C(C)(C)C. The number of allylic oxidation sites excluding steroid dienone is 1. The fraction of sp³-hybridized carbons (Fsp3) is 0.931. The van der Waals surface area contributed by atoms with Crippen LogP contribution in [0.4, 0.5) is 0 Å². The van der Waals surface area contributed by atoms with Gasteiger partial charge < -0.3 is 10.2 Å². The van der Waals surface area contributed by atoms with Crippen molar-refractivity contribution in [3.63, 3.8) is 0 Å². The molecule has 178 valence electrons. The minimum atomic E-state index is -0.533. The molecule has 2 nitrogen and oxygen atoms in total. The average Bonchev–Trinajstić information content (AvgIpc) is 3.04. The van der Waals surface area contributed by atoms with E-state index in [0.29, 0.717) is 10.8 Å². The molecular weight excluding hydrogens is 380 g/mol. The van der Waals surface area contributed by atoms with Gasteiger partial charge in [-0.05, 0) is 111 Å². The second-order valence-electron chi connectivity index (χ2n) is 13.5. The van der Waals surface area contributed by atoms with Crippen LogP contribution in [0.2, 0.25) is 0 Å². The Morgan fingerprint density at radius 2 is 1.77 bits per heavy atom. The molecule has 3 fully saturated rings. The van der Waals surface area contributed by atoms with Crippen LogP contribution in [0.3, 0.4) is 0 Å². The quantitative estimate of drug-likeness (QED) is 0.450. The second kappa shape index (κ2) is 8.15. The minimum Gasteiger partial charge on any atom is -0.393 e. The first-order chi connectivity index (χ1) is 14.4. The van der Waals surface area contributed by atoms with Crippen LogP contribution in [0.5, 0.6) is 0 Å². The zero-order valence-electron chi connectivity index (χ0n) is 21.3. The van der Waals surface area contributed by atoms with Gasteiger partial charge in [-0.15, -0.1) is 0 Å². The van der Waals surface area contributed by atoms with E-state index in [9.17, 15) is 10.2 Å². The molecule has 4 aliphatic rings. The van der Waals surface area contributed by atoms with Gasteiger partial charge in [0.05, 0.1) is 11.7 Å². The van der Waals surface area contributed by atoms with Crippen LogP contribution in [0, 0.1) is 39.9 Å². The van der Waals surface area contributed by atoms with Crippen molar-refractivity contribution in [2.24, 2.45) is 39.9 Å². The number of aliphatic hydroxyl groups is 2. The molecule has 0 aromatic rings. The highest BCUT2D eigenvalue weighted by Gasteiger charge is 2.58. The maximum Gasteiger partial charge on any atom is 0.0693 e. The van der Waals surface area contributed by atoms with Crippen molar-refractivity contribution in [2.75, 3.05) is 0 Å². The van der Waals surface area contributed by atoms with Crippen molar-refractivity contribution in [3.05, 3.63) is 11.6 Å². The van der Waals surface area contributed by atoms with Crippen LogP contribution in [0.25, 0.3) is 0 Å². The fourth-order valence-corrected chi connectivity index (χ4v) is 8.95.